The molecule has 0 saturated heterocycles. The zero-order chi connectivity index (χ0) is 18.4. The number of carbonyl (C=O) groups excluding carboxylic acids is 2. The molecule has 0 aliphatic heterocycles. The van der Waals surface area contributed by atoms with Crippen molar-refractivity contribution >= 4 is 29.0 Å². The largest absolute Gasteiger partial charge is 0.484 e. The van der Waals surface area contributed by atoms with E-state index >= 15 is 0 Å². The lowest BCUT2D eigenvalue weighted by molar-refractivity contribution is -0.118. The summed E-state index contributed by atoms with van der Waals surface area (Å²) in [5.74, 6) is 0.140. The zero-order valence-electron chi connectivity index (χ0n) is 13.8. The Hall–Kier alpha value is -3.11. The van der Waals surface area contributed by atoms with Crippen LogP contribution >= 0.6 is 11.6 Å². The number of ketones is 1. The molecule has 0 spiro atoms. The Kier molecular flexibility index (Phi) is 5.66. The van der Waals surface area contributed by atoms with Gasteiger partial charge in [-0.05, 0) is 36.4 Å². The van der Waals surface area contributed by atoms with Crippen LogP contribution in [0.2, 0.25) is 5.02 Å². The van der Waals surface area contributed by atoms with Gasteiger partial charge in [0.25, 0.3) is 5.91 Å². The van der Waals surface area contributed by atoms with Crippen molar-refractivity contribution in [2.24, 2.45) is 0 Å². The summed E-state index contributed by atoms with van der Waals surface area (Å²) < 4.78 is 5.40. The molecule has 0 aliphatic rings. The zero-order valence-corrected chi connectivity index (χ0v) is 14.6. The van der Waals surface area contributed by atoms with Crippen molar-refractivity contribution in [1.29, 1.82) is 0 Å². The van der Waals surface area contributed by atoms with Crippen LogP contribution in [0.25, 0.3) is 0 Å². The molecule has 26 heavy (non-hydrogen) atoms. The molecule has 0 atom stereocenters. The third-order valence-electron chi connectivity index (χ3n) is 3.63. The molecule has 0 heterocycles. The SMILES string of the molecule is O=C(COc1ccc(Cl)cc1)Nc1cccc(C(=O)c2ccccc2)c1. The van der Waals surface area contributed by atoms with Crippen molar-refractivity contribution in [2.75, 3.05) is 11.9 Å². The monoisotopic (exact) mass is 365 g/mol. The number of hydrogen-bond donors (Lipinski definition) is 1. The minimum absolute atomic E-state index is 0.0980. The van der Waals surface area contributed by atoms with Crippen LogP contribution in [0.1, 0.15) is 15.9 Å². The maximum absolute atomic E-state index is 12.5. The highest BCUT2D eigenvalue weighted by Gasteiger charge is 2.10. The molecule has 3 rings (SSSR count). The molecule has 0 saturated carbocycles. The molecule has 5 heteroatoms. The number of carbonyl (C=O) groups is 2. The van der Waals surface area contributed by atoms with Gasteiger partial charge in [0.1, 0.15) is 5.75 Å². The number of ether oxygens (including phenoxy) is 1. The quantitative estimate of drug-likeness (QED) is 0.650. The van der Waals surface area contributed by atoms with Gasteiger partial charge < -0.3 is 10.1 Å². The first-order valence-electron chi connectivity index (χ1n) is 8.00. The van der Waals surface area contributed by atoms with Crippen LogP contribution in [0, 0.1) is 0 Å². The van der Waals surface area contributed by atoms with Gasteiger partial charge in [-0.3, -0.25) is 9.59 Å². The average molecular weight is 366 g/mol. The summed E-state index contributed by atoms with van der Waals surface area (Å²) in [5.41, 5.74) is 1.64. The van der Waals surface area contributed by atoms with E-state index in [4.69, 9.17) is 16.3 Å². The second-order valence-electron chi connectivity index (χ2n) is 5.57. The van der Waals surface area contributed by atoms with Crippen molar-refractivity contribution in [1.82, 2.24) is 0 Å². The van der Waals surface area contributed by atoms with Crippen LogP contribution in [0.4, 0.5) is 5.69 Å². The smallest absolute Gasteiger partial charge is 0.262 e. The second kappa shape index (κ2) is 8.32. The first kappa shape index (κ1) is 17.7. The van der Waals surface area contributed by atoms with E-state index in [1.165, 1.54) is 0 Å². The van der Waals surface area contributed by atoms with Gasteiger partial charge in [0.05, 0.1) is 0 Å². The molecular weight excluding hydrogens is 350 g/mol. The second-order valence-corrected chi connectivity index (χ2v) is 6.00. The first-order valence-corrected chi connectivity index (χ1v) is 8.37. The van der Waals surface area contributed by atoms with E-state index in [-0.39, 0.29) is 18.3 Å². The lowest BCUT2D eigenvalue weighted by Gasteiger charge is -2.09. The fourth-order valence-corrected chi connectivity index (χ4v) is 2.50. The Morgan fingerprint density at radius 2 is 1.54 bits per heavy atom. The van der Waals surface area contributed by atoms with Gasteiger partial charge in [-0.25, -0.2) is 0 Å². The fraction of sp³-hybridized carbons (Fsp3) is 0.0476. The molecule has 1 N–H and O–H groups in total. The molecule has 1 amide bonds. The fourth-order valence-electron chi connectivity index (χ4n) is 2.37. The van der Waals surface area contributed by atoms with Crippen molar-refractivity contribution < 1.29 is 14.3 Å². The predicted molar refractivity (Wildman–Crippen MR) is 102 cm³/mol. The summed E-state index contributed by atoms with van der Waals surface area (Å²) >= 11 is 5.80. The number of nitrogens with one attached hydrogen (secondary N) is 1. The third kappa shape index (κ3) is 4.71. The standard InChI is InChI=1S/C21H16ClNO3/c22-17-9-11-19(12-10-17)26-14-20(24)23-18-8-4-7-16(13-18)21(25)15-5-2-1-3-6-15/h1-13H,14H2,(H,23,24). The molecular formula is C21H16ClNO3. The number of rotatable bonds is 6. The summed E-state index contributed by atoms with van der Waals surface area (Å²) in [5, 5.41) is 3.33. The summed E-state index contributed by atoms with van der Waals surface area (Å²) in [7, 11) is 0. The summed E-state index contributed by atoms with van der Waals surface area (Å²) in [6.45, 7) is -0.140. The first-order chi connectivity index (χ1) is 12.6. The minimum atomic E-state index is -0.315. The number of benzene rings is 3. The van der Waals surface area contributed by atoms with Crippen LogP contribution in [-0.4, -0.2) is 18.3 Å². The van der Waals surface area contributed by atoms with Crippen LogP contribution in [-0.2, 0) is 4.79 Å². The topological polar surface area (TPSA) is 55.4 Å². The van der Waals surface area contributed by atoms with Crippen molar-refractivity contribution in [2.45, 2.75) is 0 Å². The molecule has 130 valence electrons. The van der Waals surface area contributed by atoms with Gasteiger partial charge in [-0.15, -0.1) is 0 Å². The Labute approximate surface area is 156 Å². The van der Waals surface area contributed by atoms with Crippen molar-refractivity contribution in [3.63, 3.8) is 0 Å². The molecule has 4 nitrogen and oxygen atoms in total. The Morgan fingerprint density at radius 3 is 2.27 bits per heavy atom. The molecule has 3 aromatic carbocycles. The lowest BCUT2D eigenvalue weighted by atomic mass is 10.0. The van der Waals surface area contributed by atoms with Gasteiger partial charge in [0, 0.05) is 21.8 Å². The molecule has 0 aliphatic carbocycles. The van der Waals surface area contributed by atoms with Gasteiger partial charge in [-0.2, -0.15) is 0 Å². The number of halogens is 1. The van der Waals surface area contributed by atoms with Crippen molar-refractivity contribution in [3.05, 3.63) is 95.0 Å². The highest BCUT2D eigenvalue weighted by atomic mass is 35.5. The minimum Gasteiger partial charge on any atom is -0.484 e. The predicted octanol–water partition coefficient (Wildman–Crippen LogP) is 4.59. The van der Waals surface area contributed by atoms with Crippen LogP contribution in [0.15, 0.2) is 78.9 Å². The Bertz CT molecular complexity index is 908. The summed E-state index contributed by atoms with van der Waals surface area (Å²) in [6.07, 6.45) is 0. The van der Waals surface area contributed by atoms with Gasteiger partial charge >= 0.3 is 0 Å². The number of amides is 1. The molecule has 0 aromatic heterocycles. The van der Waals surface area contributed by atoms with E-state index in [1.54, 1.807) is 60.7 Å². The Balaban J connectivity index is 1.62. The maximum atomic E-state index is 12.5. The third-order valence-corrected chi connectivity index (χ3v) is 3.88. The maximum Gasteiger partial charge on any atom is 0.262 e. The van der Waals surface area contributed by atoms with Crippen LogP contribution in [0.5, 0.6) is 5.75 Å². The Morgan fingerprint density at radius 1 is 0.846 bits per heavy atom. The number of hydrogen-bond acceptors (Lipinski definition) is 3. The molecule has 0 fully saturated rings. The molecule has 0 unspecified atom stereocenters. The number of anilines is 1. The van der Waals surface area contributed by atoms with Crippen LogP contribution < -0.4 is 10.1 Å². The molecule has 3 aromatic rings. The van der Waals surface area contributed by atoms with E-state index in [0.717, 1.165) is 0 Å². The summed E-state index contributed by atoms with van der Waals surface area (Å²) in [6, 6.07) is 22.6. The van der Waals surface area contributed by atoms with E-state index < -0.39 is 0 Å². The average Bonchev–Trinajstić information content (AvgIpc) is 2.68. The highest BCUT2D eigenvalue weighted by Crippen LogP contribution is 2.17. The van der Waals surface area contributed by atoms with E-state index in [0.29, 0.717) is 27.6 Å². The van der Waals surface area contributed by atoms with Crippen molar-refractivity contribution in [3.8, 4) is 5.75 Å². The van der Waals surface area contributed by atoms with Gasteiger partial charge in [-0.1, -0.05) is 54.1 Å². The normalized spacial score (nSPS) is 10.2. The van der Waals surface area contributed by atoms with E-state index in [1.807, 2.05) is 18.2 Å². The molecule has 0 bridgehead atoms. The van der Waals surface area contributed by atoms with E-state index in [2.05, 4.69) is 5.32 Å². The molecule has 0 radical (unpaired) electrons. The summed E-state index contributed by atoms with van der Waals surface area (Å²) in [4.78, 5) is 24.5. The highest BCUT2D eigenvalue weighted by molar-refractivity contribution is 6.30. The van der Waals surface area contributed by atoms with Gasteiger partial charge in [0.2, 0.25) is 0 Å². The van der Waals surface area contributed by atoms with E-state index in [9.17, 15) is 9.59 Å². The van der Waals surface area contributed by atoms with Gasteiger partial charge in [0.15, 0.2) is 12.4 Å². The lowest BCUT2D eigenvalue weighted by Crippen LogP contribution is -2.20. The van der Waals surface area contributed by atoms with Crippen LogP contribution in [0.3, 0.4) is 0 Å².